The van der Waals surface area contributed by atoms with Crippen LogP contribution in [0.5, 0.6) is 5.75 Å². The zero-order valence-corrected chi connectivity index (χ0v) is 19.4. The molecule has 0 spiro atoms. The van der Waals surface area contributed by atoms with Gasteiger partial charge in [0.05, 0.1) is 6.54 Å². The Kier molecular flexibility index (Phi) is 11.9. The Morgan fingerprint density at radius 1 is 1.34 bits per heavy atom. The molecule has 1 saturated heterocycles. The van der Waals surface area contributed by atoms with E-state index in [9.17, 15) is 14.3 Å². The van der Waals surface area contributed by atoms with Crippen molar-refractivity contribution in [2.45, 2.75) is 32.3 Å². The summed E-state index contributed by atoms with van der Waals surface area (Å²) in [5.74, 6) is 1.43. The van der Waals surface area contributed by atoms with Gasteiger partial charge < -0.3 is 25.4 Å². The number of likely N-dealkylation sites (tertiary alicyclic amines) is 1. The van der Waals surface area contributed by atoms with Gasteiger partial charge >= 0.3 is 0 Å². The zero-order chi connectivity index (χ0) is 20.4. The van der Waals surface area contributed by atoms with Crippen LogP contribution in [0.4, 0.5) is 4.39 Å². The Morgan fingerprint density at radius 3 is 2.59 bits per heavy atom. The standard InChI is InChI=1S/C20H31FN4O3.HI/c1-3-23-20(25-10-8-15(9-11-25)12-19(27)22-2)24-13-17(26)14-28-18-6-4-16(21)5-7-18;/h4-7,15,17,26H,3,8-14H2,1-2H3,(H,22,27)(H,23,24);1H. The molecular weight excluding hydrogens is 490 g/mol. The number of aliphatic hydroxyl groups is 1. The first kappa shape index (κ1) is 25.4. The molecule has 3 N–H and O–H groups in total. The van der Waals surface area contributed by atoms with Crippen molar-refractivity contribution in [3.8, 4) is 5.75 Å². The topological polar surface area (TPSA) is 86.2 Å². The van der Waals surface area contributed by atoms with Gasteiger partial charge in [-0.15, -0.1) is 24.0 Å². The van der Waals surface area contributed by atoms with Gasteiger partial charge in [-0.05, 0) is 49.9 Å². The molecule has 29 heavy (non-hydrogen) atoms. The van der Waals surface area contributed by atoms with Crippen LogP contribution in [-0.4, -0.2) is 67.8 Å². The number of carbonyl (C=O) groups is 1. The summed E-state index contributed by atoms with van der Waals surface area (Å²) in [5, 5.41) is 16.1. The van der Waals surface area contributed by atoms with Gasteiger partial charge in [0, 0.05) is 33.1 Å². The van der Waals surface area contributed by atoms with Crippen molar-refractivity contribution in [3.63, 3.8) is 0 Å². The SMILES string of the molecule is CCNC(=NCC(O)COc1ccc(F)cc1)N1CCC(CC(=O)NC)CC1.I. The fourth-order valence-corrected chi connectivity index (χ4v) is 3.11. The number of halogens is 2. The smallest absolute Gasteiger partial charge is 0.220 e. The summed E-state index contributed by atoms with van der Waals surface area (Å²) in [6.45, 7) is 4.69. The van der Waals surface area contributed by atoms with E-state index in [2.05, 4.69) is 20.5 Å². The minimum absolute atomic E-state index is 0. The molecule has 164 valence electrons. The van der Waals surface area contributed by atoms with Crippen LogP contribution in [0.15, 0.2) is 29.3 Å². The van der Waals surface area contributed by atoms with Crippen molar-refractivity contribution in [2.24, 2.45) is 10.9 Å². The first-order valence-electron chi connectivity index (χ1n) is 9.82. The summed E-state index contributed by atoms with van der Waals surface area (Å²) in [5.41, 5.74) is 0. The van der Waals surface area contributed by atoms with E-state index in [0.717, 1.165) is 38.4 Å². The molecule has 9 heteroatoms. The lowest BCUT2D eigenvalue weighted by molar-refractivity contribution is -0.121. The molecule has 7 nitrogen and oxygen atoms in total. The van der Waals surface area contributed by atoms with Crippen LogP contribution < -0.4 is 15.4 Å². The highest BCUT2D eigenvalue weighted by molar-refractivity contribution is 14.0. The van der Waals surface area contributed by atoms with Crippen molar-refractivity contribution >= 4 is 35.8 Å². The van der Waals surface area contributed by atoms with Crippen LogP contribution in [0, 0.1) is 11.7 Å². The molecule has 1 aromatic carbocycles. The number of nitrogens with one attached hydrogen (secondary N) is 2. The second-order valence-electron chi connectivity index (χ2n) is 6.92. The molecule has 1 fully saturated rings. The molecule has 1 aliphatic heterocycles. The largest absolute Gasteiger partial charge is 0.491 e. The number of hydrogen-bond donors (Lipinski definition) is 3. The summed E-state index contributed by atoms with van der Waals surface area (Å²) >= 11 is 0. The number of nitrogens with zero attached hydrogens (tertiary/aromatic N) is 2. The van der Waals surface area contributed by atoms with Crippen LogP contribution in [0.1, 0.15) is 26.2 Å². The molecule has 0 bridgehead atoms. The molecule has 1 atom stereocenters. The molecule has 2 rings (SSSR count). The third-order valence-corrected chi connectivity index (χ3v) is 4.71. The Bertz CT molecular complexity index is 637. The molecule has 0 aliphatic carbocycles. The second-order valence-corrected chi connectivity index (χ2v) is 6.92. The minimum Gasteiger partial charge on any atom is -0.491 e. The monoisotopic (exact) mass is 522 g/mol. The molecule has 1 aromatic rings. The van der Waals surface area contributed by atoms with Crippen LogP contribution in [0.25, 0.3) is 0 Å². The summed E-state index contributed by atoms with van der Waals surface area (Å²) in [4.78, 5) is 18.2. The number of piperidine rings is 1. The van der Waals surface area contributed by atoms with E-state index in [1.807, 2.05) is 6.92 Å². The van der Waals surface area contributed by atoms with Gasteiger partial charge in [0.2, 0.25) is 5.91 Å². The summed E-state index contributed by atoms with van der Waals surface area (Å²) in [7, 11) is 1.67. The van der Waals surface area contributed by atoms with Crippen molar-refractivity contribution in [1.82, 2.24) is 15.5 Å². The van der Waals surface area contributed by atoms with E-state index < -0.39 is 6.10 Å². The third-order valence-electron chi connectivity index (χ3n) is 4.71. The highest BCUT2D eigenvalue weighted by Gasteiger charge is 2.23. The third kappa shape index (κ3) is 9.16. The van der Waals surface area contributed by atoms with Crippen molar-refractivity contribution in [2.75, 3.05) is 39.8 Å². The van der Waals surface area contributed by atoms with Gasteiger partial charge in [0.1, 0.15) is 24.3 Å². The zero-order valence-electron chi connectivity index (χ0n) is 17.1. The van der Waals surface area contributed by atoms with Crippen molar-refractivity contribution in [3.05, 3.63) is 30.1 Å². The number of hydrogen-bond acceptors (Lipinski definition) is 4. The lowest BCUT2D eigenvalue weighted by Crippen LogP contribution is -2.46. The number of rotatable bonds is 8. The summed E-state index contributed by atoms with van der Waals surface area (Å²) < 4.78 is 18.4. The van der Waals surface area contributed by atoms with E-state index >= 15 is 0 Å². The molecule has 1 amide bonds. The fourth-order valence-electron chi connectivity index (χ4n) is 3.11. The number of carbonyl (C=O) groups excluding carboxylic acids is 1. The quantitative estimate of drug-likeness (QED) is 0.276. The molecule has 1 unspecified atom stereocenters. The van der Waals surface area contributed by atoms with Crippen molar-refractivity contribution in [1.29, 1.82) is 0 Å². The first-order valence-corrected chi connectivity index (χ1v) is 9.82. The lowest BCUT2D eigenvalue weighted by atomic mass is 9.93. The highest BCUT2D eigenvalue weighted by Crippen LogP contribution is 2.20. The molecule has 0 radical (unpaired) electrons. The number of guanidine groups is 1. The normalized spacial score (nSPS) is 16.0. The summed E-state index contributed by atoms with van der Waals surface area (Å²) in [6, 6.07) is 5.69. The van der Waals surface area contributed by atoms with Gasteiger partial charge in [-0.3, -0.25) is 9.79 Å². The molecule has 0 aromatic heterocycles. The Balaban J connectivity index is 0.00000420. The number of ether oxygens (including phenoxy) is 1. The van der Waals surface area contributed by atoms with Gasteiger partial charge in [0.15, 0.2) is 5.96 Å². The number of aliphatic hydroxyl groups excluding tert-OH is 1. The second kappa shape index (κ2) is 13.6. The molecule has 1 aliphatic rings. The van der Waals surface area contributed by atoms with Gasteiger partial charge in [-0.2, -0.15) is 0 Å². The van der Waals surface area contributed by atoms with E-state index in [4.69, 9.17) is 4.74 Å². The maximum Gasteiger partial charge on any atom is 0.220 e. The average molecular weight is 522 g/mol. The molecule has 0 saturated carbocycles. The minimum atomic E-state index is -0.760. The van der Waals surface area contributed by atoms with E-state index in [0.29, 0.717) is 18.1 Å². The van der Waals surface area contributed by atoms with E-state index in [1.165, 1.54) is 24.3 Å². The van der Waals surface area contributed by atoms with Gasteiger partial charge in [-0.1, -0.05) is 0 Å². The lowest BCUT2D eigenvalue weighted by Gasteiger charge is -2.34. The van der Waals surface area contributed by atoms with Gasteiger partial charge in [0.25, 0.3) is 0 Å². The summed E-state index contributed by atoms with van der Waals surface area (Å²) in [6.07, 6.45) is 1.68. The predicted molar refractivity (Wildman–Crippen MR) is 122 cm³/mol. The van der Waals surface area contributed by atoms with Crippen molar-refractivity contribution < 1.29 is 19.0 Å². The fraction of sp³-hybridized carbons (Fsp3) is 0.600. The van der Waals surface area contributed by atoms with Gasteiger partial charge in [-0.25, -0.2) is 4.39 Å². The number of aliphatic imine (C=N–C) groups is 1. The maximum absolute atomic E-state index is 12.9. The molecular formula is C20H32FIN4O3. The highest BCUT2D eigenvalue weighted by atomic mass is 127. The maximum atomic E-state index is 12.9. The number of amides is 1. The van der Waals surface area contributed by atoms with Crippen LogP contribution in [-0.2, 0) is 4.79 Å². The Labute approximate surface area is 189 Å². The van der Waals surface area contributed by atoms with Crippen LogP contribution in [0.3, 0.4) is 0 Å². The Morgan fingerprint density at radius 2 is 2.00 bits per heavy atom. The first-order chi connectivity index (χ1) is 13.5. The van der Waals surface area contributed by atoms with Crippen LogP contribution >= 0.6 is 24.0 Å². The van der Waals surface area contributed by atoms with Crippen LogP contribution in [0.2, 0.25) is 0 Å². The molecule has 1 heterocycles. The Hall–Kier alpha value is -1.62. The predicted octanol–water partition coefficient (Wildman–Crippen LogP) is 2.00. The van der Waals surface area contributed by atoms with E-state index in [1.54, 1.807) is 7.05 Å². The van der Waals surface area contributed by atoms with E-state index in [-0.39, 0.29) is 48.9 Å². The average Bonchev–Trinajstić information content (AvgIpc) is 2.71. The number of benzene rings is 1.